The monoisotopic (exact) mass is 319 g/mol. The van der Waals surface area contributed by atoms with Gasteiger partial charge in [-0.1, -0.05) is 64.5 Å². The maximum atomic E-state index is 12.6. The molecule has 2 amide bonds. The van der Waals surface area contributed by atoms with Crippen LogP contribution < -0.4 is 5.32 Å². The quantitative estimate of drug-likeness (QED) is 0.466. The van der Waals surface area contributed by atoms with Crippen LogP contribution >= 0.6 is 0 Å². The first kappa shape index (κ1) is 18.2. The molecule has 1 saturated carbocycles. The van der Waals surface area contributed by atoms with E-state index >= 15 is 0 Å². The van der Waals surface area contributed by atoms with Gasteiger partial charge < -0.3 is 0 Å². The number of fused-ring (bicyclic) bond motifs is 2. The standard InChI is InChI=1S/C20H33NO2/c1-3-5-7-9-12-20-13-11-16(15-20)14-17(20)19(23)21-18(22)10-8-6-4-2/h11,13,16-17H,3-10,12,14-15H2,1-2H3,(H,21,22,23). The Bertz CT molecular complexity index is 443. The van der Waals surface area contributed by atoms with Crippen LogP contribution in [0.1, 0.15) is 84.5 Å². The van der Waals surface area contributed by atoms with Crippen LogP contribution in [0.5, 0.6) is 0 Å². The highest BCUT2D eigenvalue weighted by Gasteiger charge is 2.51. The largest absolute Gasteiger partial charge is 0.296 e. The van der Waals surface area contributed by atoms with Gasteiger partial charge in [-0.25, -0.2) is 0 Å². The number of carbonyl (C=O) groups excluding carboxylic acids is 2. The van der Waals surface area contributed by atoms with Crippen molar-refractivity contribution in [3.8, 4) is 0 Å². The average Bonchev–Trinajstić information content (AvgIpc) is 3.10. The number of imide groups is 1. The Morgan fingerprint density at radius 2 is 1.83 bits per heavy atom. The van der Waals surface area contributed by atoms with Gasteiger partial charge >= 0.3 is 0 Å². The lowest BCUT2D eigenvalue weighted by atomic mass is 9.73. The number of allylic oxidation sites excluding steroid dienone is 2. The minimum absolute atomic E-state index is 0.00857. The molecule has 0 aliphatic heterocycles. The molecule has 0 aromatic rings. The van der Waals surface area contributed by atoms with Crippen LogP contribution in [-0.2, 0) is 9.59 Å². The molecule has 3 nitrogen and oxygen atoms in total. The second-order valence-electron chi connectivity index (χ2n) is 7.52. The van der Waals surface area contributed by atoms with Gasteiger partial charge in [0.2, 0.25) is 11.8 Å². The summed E-state index contributed by atoms with van der Waals surface area (Å²) in [6, 6.07) is 0. The average molecular weight is 319 g/mol. The summed E-state index contributed by atoms with van der Waals surface area (Å²) in [6.07, 6.45) is 16.2. The van der Waals surface area contributed by atoms with Gasteiger partial charge in [0.15, 0.2) is 0 Å². The number of rotatable bonds is 10. The molecule has 23 heavy (non-hydrogen) atoms. The molecule has 2 rings (SSSR count). The van der Waals surface area contributed by atoms with Gasteiger partial charge in [-0.2, -0.15) is 0 Å². The molecule has 130 valence electrons. The number of nitrogens with one attached hydrogen (secondary N) is 1. The Morgan fingerprint density at radius 1 is 1.09 bits per heavy atom. The first-order chi connectivity index (χ1) is 11.1. The van der Waals surface area contributed by atoms with Gasteiger partial charge in [0.1, 0.15) is 0 Å². The predicted molar refractivity (Wildman–Crippen MR) is 93.8 cm³/mol. The fourth-order valence-corrected chi connectivity index (χ4v) is 4.34. The van der Waals surface area contributed by atoms with E-state index in [1.165, 1.54) is 25.7 Å². The number of unbranched alkanes of at least 4 members (excludes halogenated alkanes) is 5. The Morgan fingerprint density at radius 3 is 2.52 bits per heavy atom. The third-order valence-electron chi connectivity index (χ3n) is 5.66. The molecule has 0 saturated heterocycles. The Balaban J connectivity index is 1.86. The molecule has 3 atom stereocenters. The van der Waals surface area contributed by atoms with Crippen LogP contribution in [0.4, 0.5) is 0 Å². The topological polar surface area (TPSA) is 46.2 Å². The van der Waals surface area contributed by atoms with Gasteiger partial charge in [0, 0.05) is 17.8 Å². The van der Waals surface area contributed by atoms with Crippen LogP contribution in [0.2, 0.25) is 0 Å². The van der Waals surface area contributed by atoms with Crippen molar-refractivity contribution in [1.82, 2.24) is 5.32 Å². The van der Waals surface area contributed by atoms with Crippen molar-refractivity contribution in [1.29, 1.82) is 0 Å². The minimum atomic E-state index is -0.0867. The zero-order valence-electron chi connectivity index (χ0n) is 14.9. The molecule has 1 fully saturated rings. The van der Waals surface area contributed by atoms with Crippen LogP contribution in [0.15, 0.2) is 12.2 Å². The van der Waals surface area contributed by atoms with Crippen molar-refractivity contribution in [3.63, 3.8) is 0 Å². The molecule has 2 aliphatic carbocycles. The fourth-order valence-electron chi connectivity index (χ4n) is 4.34. The first-order valence-corrected chi connectivity index (χ1v) is 9.64. The predicted octanol–water partition coefficient (Wildman–Crippen LogP) is 4.76. The van der Waals surface area contributed by atoms with E-state index in [1.807, 2.05) is 0 Å². The maximum Gasteiger partial charge on any atom is 0.230 e. The molecule has 3 heteroatoms. The number of amides is 2. The number of hydrogen-bond acceptors (Lipinski definition) is 2. The smallest absolute Gasteiger partial charge is 0.230 e. The summed E-state index contributed by atoms with van der Waals surface area (Å²) in [6.45, 7) is 4.34. The second kappa shape index (κ2) is 8.65. The first-order valence-electron chi connectivity index (χ1n) is 9.64. The molecular formula is C20H33NO2. The van der Waals surface area contributed by atoms with Crippen molar-refractivity contribution in [2.75, 3.05) is 0 Å². The van der Waals surface area contributed by atoms with Gasteiger partial charge in [-0.3, -0.25) is 14.9 Å². The lowest BCUT2D eigenvalue weighted by Crippen LogP contribution is -2.41. The SMILES string of the molecule is CCCCCCC12C=CC(CC1C(=O)NC(=O)CCCCC)C2. The molecule has 0 spiro atoms. The summed E-state index contributed by atoms with van der Waals surface area (Å²) in [7, 11) is 0. The van der Waals surface area contributed by atoms with Crippen molar-refractivity contribution >= 4 is 11.8 Å². The van der Waals surface area contributed by atoms with Crippen LogP contribution in [-0.4, -0.2) is 11.8 Å². The van der Waals surface area contributed by atoms with E-state index in [0.717, 1.165) is 38.5 Å². The highest BCUT2D eigenvalue weighted by Crippen LogP contribution is 2.56. The van der Waals surface area contributed by atoms with Gasteiger partial charge in [-0.15, -0.1) is 0 Å². The van der Waals surface area contributed by atoms with Gasteiger partial charge in [0.05, 0.1) is 0 Å². The highest BCUT2D eigenvalue weighted by molar-refractivity contribution is 5.97. The summed E-state index contributed by atoms with van der Waals surface area (Å²) in [4.78, 5) is 24.6. The molecule has 0 aromatic heterocycles. The third kappa shape index (κ3) is 4.68. The molecule has 0 radical (unpaired) electrons. The van der Waals surface area contributed by atoms with E-state index < -0.39 is 0 Å². The molecule has 2 bridgehead atoms. The Kier molecular flexibility index (Phi) is 6.86. The minimum Gasteiger partial charge on any atom is -0.296 e. The highest BCUT2D eigenvalue weighted by atomic mass is 16.2. The molecule has 1 N–H and O–H groups in total. The third-order valence-corrected chi connectivity index (χ3v) is 5.66. The summed E-state index contributed by atoms with van der Waals surface area (Å²) in [5.41, 5.74) is 0.0339. The van der Waals surface area contributed by atoms with Crippen LogP contribution in [0, 0.1) is 17.3 Å². The molecule has 0 aromatic carbocycles. The fraction of sp³-hybridized carbons (Fsp3) is 0.800. The van der Waals surface area contributed by atoms with E-state index in [2.05, 4.69) is 31.3 Å². The van der Waals surface area contributed by atoms with E-state index in [4.69, 9.17) is 0 Å². The van der Waals surface area contributed by atoms with Crippen molar-refractivity contribution in [2.24, 2.45) is 17.3 Å². The van der Waals surface area contributed by atoms with Crippen LogP contribution in [0.3, 0.4) is 0 Å². The maximum absolute atomic E-state index is 12.6. The van der Waals surface area contributed by atoms with Gasteiger partial charge in [0.25, 0.3) is 0 Å². The Labute approximate surface area is 141 Å². The van der Waals surface area contributed by atoms with E-state index in [0.29, 0.717) is 12.3 Å². The number of hydrogen-bond donors (Lipinski definition) is 1. The summed E-state index contributed by atoms with van der Waals surface area (Å²) >= 11 is 0. The lowest BCUT2D eigenvalue weighted by Gasteiger charge is -2.31. The second-order valence-corrected chi connectivity index (χ2v) is 7.52. The summed E-state index contributed by atoms with van der Waals surface area (Å²) in [5, 5.41) is 2.68. The van der Waals surface area contributed by atoms with Crippen molar-refractivity contribution in [2.45, 2.75) is 84.5 Å². The normalized spacial score (nSPS) is 28.3. The van der Waals surface area contributed by atoms with E-state index in [1.54, 1.807) is 0 Å². The summed E-state index contributed by atoms with van der Waals surface area (Å²) in [5.74, 6) is 0.451. The van der Waals surface area contributed by atoms with Crippen molar-refractivity contribution < 1.29 is 9.59 Å². The Hall–Kier alpha value is -1.12. The van der Waals surface area contributed by atoms with Crippen LogP contribution in [0.25, 0.3) is 0 Å². The molecular weight excluding hydrogens is 286 g/mol. The van der Waals surface area contributed by atoms with Gasteiger partial charge in [-0.05, 0) is 31.6 Å². The summed E-state index contributed by atoms with van der Waals surface area (Å²) < 4.78 is 0. The lowest BCUT2D eigenvalue weighted by molar-refractivity contribution is -0.134. The van der Waals surface area contributed by atoms with E-state index in [9.17, 15) is 9.59 Å². The van der Waals surface area contributed by atoms with Crippen molar-refractivity contribution in [3.05, 3.63) is 12.2 Å². The number of carbonyl (C=O) groups is 2. The zero-order chi connectivity index (χ0) is 16.7. The zero-order valence-corrected chi connectivity index (χ0v) is 14.9. The van der Waals surface area contributed by atoms with E-state index in [-0.39, 0.29) is 23.1 Å². The molecule has 3 unspecified atom stereocenters. The molecule has 0 heterocycles. The molecule has 2 aliphatic rings.